The molecule has 0 aromatic heterocycles. The molecule has 2 atom stereocenters. The van der Waals surface area contributed by atoms with Crippen molar-refractivity contribution in [1.82, 2.24) is 0 Å². The van der Waals surface area contributed by atoms with E-state index in [9.17, 15) is 10.2 Å². The first kappa shape index (κ1) is 13.0. The highest BCUT2D eigenvalue weighted by atomic mass is 16.5. The third kappa shape index (κ3) is 2.74. The van der Waals surface area contributed by atoms with Gasteiger partial charge in [-0.05, 0) is 11.5 Å². The second kappa shape index (κ2) is 4.85. The minimum absolute atomic E-state index is 0.375. The van der Waals surface area contributed by atoms with Crippen molar-refractivity contribution in [3.63, 3.8) is 0 Å². The molecule has 1 aromatic carbocycles. The third-order valence-corrected chi connectivity index (χ3v) is 2.64. The van der Waals surface area contributed by atoms with Crippen LogP contribution in [0.15, 0.2) is 24.3 Å². The van der Waals surface area contributed by atoms with Gasteiger partial charge in [-0.15, -0.1) is 0 Å². The van der Waals surface area contributed by atoms with Crippen LogP contribution in [0.25, 0.3) is 0 Å². The van der Waals surface area contributed by atoms with Crippen LogP contribution in [0.5, 0.6) is 5.75 Å². The second-order valence-corrected chi connectivity index (χ2v) is 5.00. The summed E-state index contributed by atoms with van der Waals surface area (Å²) in [4.78, 5) is 0. The molecule has 2 N–H and O–H groups in total. The highest BCUT2D eigenvalue weighted by Crippen LogP contribution is 2.33. The molecule has 3 nitrogen and oxygen atoms in total. The van der Waals surface area contributed by atoms with E-state index in [4.69, 9.17) is 4.74 Å². The van der Waals surface area contributed by atoms with Gasteiger partial charge in [0.2, 0.25) is 0 Å². The summed E-state index contributed by atoms with van der Waals surface area (Å²) in [5, 5.41) is 20.1. The Kier molecular flexibility index (Phi) is 3.94. The molecule has 0 fully saturated rings. The fourth-order valence-electron chi connectivity index (χ4n) is 1.55. The van der Waals surface area contributed by atoms with Crippen LogP contribution in [0.3, 0.4) is 0 Å². The fourth-order valence-corrected chi connectivity index (χ4v) is 1.55. The first-order valence-electron chi connectivity index (χ1n) is 5.37. The number of hydrogen-bond acceptors (Lipinski definition) is 3. The quantitative estimate of drug-likeness (QED) is 0.827. The highest BCUT2D eigenvalue weighted by Gasteiger charge is 2.31. The van der Waals surface area contributed by atoms with Gasteiger partial charge in [-0.25, -0.2) is 0 Å². The van der Waals surface area contributed by atoms with Crippen molar-refractivity contribution in [3.05, 3.63) is 29.8 Å². The summed E-state index contributed by atoms with van der Waals surface area (Å²) >= 11 is 0. The van der Waals surface area contributed by atoms with Crippen LogP contribution in [-0.2, 0) is 0 Å². The van der Waals surface area contributed by atoms with Crippen LogP contribution in [0, 0.1) is 5.41 Å². The van der Waals surface area contributed by atoms with Crippen LogP contribution in [0.2, 0.25) is 0 Å². The molecule has 0 spiro atoms. The number of hydrogen-bond donors (Lipinski definition) is 2. The first-order valence-corrected chi connectivity index (χ1v) is 5.37. The summed E-state index contributed by atoms with van der Waals surface area (Å²) in [5.74, 6) is 0.596. The van der Waals surface area contributed by atoms with Crippen LogP contribution >= 0.6 is 0 Å². The standard InChI is InChI=1S/C13H20O3/c1-13(2,3)12(15)11(14)9-7-5-6-8-10(9)16-4/h5-8,11-12,14-15H,1-4H3. The van der Waals surface area contributed by atoms with Gasteiger partial charge in [0.25, 0.3) is 0 Å². The molecular weight excluding hydrogens is 204 g/mol. The van der Waals surface area contributed by atoms with Crippen LogP contribution in [0.4, 0.5) is 0 Å². The van der Waals surface area contributed by atoms with Gasteiger partial charge in [0.05, 0.1) is 13.2 Å². The van der Waals surface area contributed by atoms with E-state index >= 15 is 0 Å². The Labute approximate surface area is 96.7 Å². The Morgan fingerprint density at radius 2 is 1.69 bits per heavy atom. The van der Waals surface area contributed by atoms with Gasteiger partial charge in [0, 0.05) is 5.56 Å². The summed E-state index contributed by atoms with van der Waals surface area (Å²) in [7, 11) is 1.55. The fraction of sp³-hybridized carbons (Fsp3) is 0.538. The number of aliphatic hydroxyl groups is 2. The van der Waals surface area contributed by atoms with Crippen molar-refractivity contribution in [2.45, 2.75) is 33.0 Å². The lowest BCUT2D eigenvalue weighted by Crippen LogP contribution is -2.32. The van der Waals surface area contributed by atoms with Gasteiger partial charge in [-0.3, -0.25) is 0 Å². The van der Waals surface area contributed by atoms with Gasteiger partial charge in [-0.1, -0.05) is 39.0 Å². The zero-order chi connectivity index (χ0) is 12.3. The molecule has 2 unspecified atom stereocenters. The van der Waals surface area contributed by atoms with E-state index in [-0.39, 0.29) is 5.41 Å². The first-order chi connectivity index (χ1) is 7.38. The normalized spacial score (nSPS) is 15.6. The predicted molar refractivity (Wildman–Crippen MR) is 63.4 cm³/mol. The Bertz CT molecular complexity index is 341. The molecule has 16 heavy (non-hydrogen) atoms. The molecule has 3 heteroatoms. The van der Waals surface area contributed by atoms with Crippen molar-refractivity contribution in [2.75, 3.05) is 7.11 Å². The molecule has 0 saturated heterocycles. The number of benzene rings is 1. The number of aliphatic hydroxyl groups excluding tert-OH is 2. The maximum Gasteiger partial charge on any atom is 0.124 e. The molecule has 0 bridgehead atoms. The minimum atomic E-state index is -0.934. The minimum Gasteiger partial charge on any atom is -0.496 e. The van der Waals surface area contributed by atoms with Crippen LogP contribution in [-0.4, -0.2) is 23.4 Å². The SMILES string of the molecule is COc1ccccc1C(O)C(O)C(C)(C)C. The zero-order valence-electron chi connectivity index (χ0n) is 10.3. The summed E-state index contributed by atoms with van der Waals surface area (Å²) in [6.45, 7) is 5.66. The summed E-state index contributed by atoms with van der Waals surface area (Å²) < 4.78 is 5.16. The lowest BCUT2D eigenvalue weighted by Gasteiger charge is -2.30. The molecule has 0 radical (unpaired) electrons. The molecule has 0 amide bonds. The lowest BCUT2D eigenvalue weighted by atomic mass is 9.83. The highest BCUT2D eigenvalue weighted by molar-refractivity contribution is 5.35. The topological polar surface area (TPSA) is 49.7 Å². The Hall–Kier alpha value is -1.06. The monoisotopic (exact) mass is 224 g/mol. The van der Waals surface area contributed by atoms with Gasteiger partial charge in [-0.2, -0.15) is 0 Å². The van der Waals surface area contributed by atoms with Gasteiger partial charge >= 0.3 is 0 Å². The van der Waals surface area contributed by atoms with E-state index in [0.717, 1.165) is 0 Å². The molecule has 0 aliphatic heterocycles. The maximum atomic E-state index is 10.1. The smallest absolute Gasteiger partial charge is 0.124 e. The van der Waals surface area contributed by atoms with Crippen LogP contribution < -0.4 is 4.74 Å². The van der Waals surface area contributed by atoms with Crippen molar-refractivity contribution in [2.24, 2.45) is 5.41 Å². The molecule has 0 saturated carbocycles. The number of rotatable bonds is 3. The van der Waals surface area contributed by atoms with Crippen molar-refractivity contribution < 1.29 is 14.9 Å². The van der Waals surface area contributed by atoms with Crippen molar-refractivity contribution in [3.8, 4) is 5.75 Å². The average Bonchev–Trinajstić information content (AvgIpc) is 2.25. The third-order valence-electron chi connectivity index (χ3n) is 2.64. The summed E-state index contributed by atoms with van der Waals surface area (Å²) in [6.07, 6.45) is -1.76. The average molecular weight is 224 g/mol. The van der Waals surface area contributed by atoms with E-state index < -0.39 is 12.2 Å². The Morgan fingerprint density at radius 3 is 2.19 bits per heavy atom. The molecule has 0 aliphatic carbocycles. The van der Waals surface area contributed by atoms with E-state index in [1.165, 1.54) is 0 Å². The number of methoxy groups -OCH3 is 1. The van der Waals surface area contributed by atoms with E-state index in [1.807, 2.05) is 32.9 Å². The molecule has 90 valence electrons. The number of para-hydroxylation sites is 1. The number of ether oxygens (including phenoxy) is 1. The van der Waals surface area contributed by atoms with Crippen molar-refractivity contribution in [1.29, 1.82) is 0 Å². The molecule has 0 aliphatic rings. The molecule has 1 aromatic rings. The molecule has 1 rings (SSSR count). The Morgan fingerprint density at radius 1 is 1.12 bits per heavy atom. The van der Waals surface area contributed by atoms with Crippen LogP contribution in [0.1, 0.15) is 32.4 Å². The summed E-state index contributed by atoms with van der Waals surface area (Å²) in [5.41, 5.74) is 0.243. The molecular formula is C13H20O3. The Balaban J connectivity index is 3.00. The van der Waals surface area contributed by atoms with E-state index in [2.05, 4.69) is 0 Å². The van der Waals surface area contributed by atoms with Crippen molar-refractivity contribution >= 4 is 0 Å². The maximum absolute atomic E-state index is 10.1. The molecule has 0 heterocycles. The lowest BCUT2D eigenvalue weighted by molar-refractivity contribution is -0.0466. The van der Waals surface area contributed by atoms with Gasteiger partial charge in [0.1, 0.15) is 11.9 Å². The zero-order valence-corrected chi connectivity index (χ0v) is 10.3. The van der Waals surface area contributed by atoms with E-state index in [0.29, 0.717) is 11.3 Å². The second-order valence-electron chi connectivity index (χ2n) is 5.00. The summed E-state index contributed by atoms with van der Waals surface area (Å²) in [6, 6.07) is 7.18. The van der Waals surface area contributed by atoms with Gasteiger partial charge < -0.3 is 14.9 Å². The van der Waals surface area contributed by atoms with Gasteiger partial charge in [0.15, 0.2) is 0 Å². The predicted octanol–water partition coefficient (Wildman–Crippen LogP) is 2.14. The largest absolute Gasteiger partial charge is 0.496 e. The van der Waals surface area contributed by atoms with E-state index in [1.54, 1.807) is 19.2 Å².